The lowest BCUT2D eigenvalue weighted by Crippen LogP contribution is -2.28. The van der Waals surface area contributed by atoms with Gasteiger partial charge in [-0.15, -0.1) is 11.3 Å². The van der Waals surface area contributed by atoms with E-state index in [0.717, 1.165) is 29.9 Å². The van der Waals surface area contributed by atoms with Gasteiger partial charge in [0.05, 0.1) is 31.0 Å². The normalized spacial score (nSPS) is 18.7. The fraction of sp³-hybridized carbons (Fsp3) is 0.467. The second kappa shape index (κ2) is 5.99. The Kier molecular flexibility index (Phi) is 4.07. The number of nitrogens with zero attached hydrogens (tertiary/aromatic N) is 2. The van der Waals surface area contributed by atoms with Crippen LogP contribution in [0.25, 0.3) is 5.69 Å². The van der Waals surface area contributed by atoms with Crippen molar-refractivity contribution in [2.45, 2.75) is 32.2 Å². The fourth-order valence-electron chi connectivity index (χ4n) is 2.83. The van der Waals surface area contributed by atoms with Gasteiger partial charge < -0.3 is 10.1 Å². The zero-order valence-electron chi connectivity index (χ0n) is 12.3. The molecule has 21 heavy (non-hydrogen) atoms. The van der Waals surface area contributed by atoms with E-state index in [0.29, 0.717) is 10.9 Å². The zero-order valence-corrected chi connectivity index (χ0v) is 13.1. The summed E-state index contributed by atoms with van der Waals surface area (Å²) in [6, 6.07) is 0.297. The minimum atomic E-state index is -0.292. The molecule has 1 saturated heterocycles. The number of hydrogen-bond acceptors (Lipinski definition) is 5. The maximum Gasteiger partial charge on any atom is 0.350 e. The molecule has 1 aliphatic rings. The molecule has 112 valence electrons. The van der Waals surface area contributed by atoms with Crippen LogP contribution < -0.4 is 5.32 Å². The number of thiophene rings is 1. The van der Waals surface area contributed by atoms with Gasteiger partial charge in [-0.25, -0.2) is 9.78 Å². The molecule has 1 atom stereocenters. The average Bonchev–Trinajstić information content (AvgIpc) is 3.13. The first-order valence-electron chi connectivity index (χ1n) is 7.14. The molecule has 5 nitrogen and oxygen atoms in total. The highest BCUT2D eigenvalue weighted by Crippen LogP contribution is 2.31. The number of esters is 1. The lowest BCUT2D eigenvalue weighted by molar-refractivity contribution is 0.0606. The van der Waals surface area contributed by atoms with E-state index in [9.17, 15) is 4.79 Å². The molecule has 2 aromatic heterocycles. The van der Waals surface area contributed by atoms with E-state index in [1.165, 1.54) is 31.3 Å². The topological polar surface area (TPSA) is 56.2 Å². The molecule has 6 heteroatoms. The first-order chi connectivity index (χ1) is 10.2. The number of piperidine rings is 1. The van der Waals surface area contributed by atoms with Crippen LogP contribution >= 0.6 is 11.3 Å². The second-order valence-corrected chi connectivity index (χ2v) is 6.16. The molecule has 0 radical (unpaired) electrons. The Morgan fingerprint density at radius 1 is 1.52 bits per heavy atom. The van der Waals surface area contributed by atoms with E-state index in [4.69, 9.17) is 4.74 Å². The van der Waals surface area contributed by atoms with Gasteiger partial charge in [0.15, 0.2) is 0 Å². The van der Waals surface area contributed by atoms with Gasteiger partial charge in [-0.2, -0.15) is 0 Å². The Balaban J connectivity index is 2.03. The summed E-state index contributed by atoms with van der Waals surface area (Å²) in [7, 11) is 1.42. The van der Waals surface area contributed by atoms with Gasteiger partial charge in [0.2, 0.25) is 0 Å². The smallest absolute Gasteiger partial charge is 0.350 e. The van der Waals surface area contributed by atoms with Crippen LogP contribution in [0.2, 0.25) is 0 Å². The van der Waals surface area contributed by atoms with Crippen molar-refractivity contribution in [1.82, 2.24) is 14.9 Å². The summed E-state index contributed by atoms with van der Waals surface area (Å²) in [6.07, 6.45) is 7.21. The molecule has 1 fully saturated rings. The van der Waals surface area contributed by atoms with E-state index < -0.39 is 0 Å². The first kappa shape index (κ1) is 14.3. The number of carbonyl (C=O) groups is 1. The Morgan fingerprint density at radius 2 is 2.38 bits per heavy atom. The van der Waals surface area contributed by atoms with Crippen molar-refractivity contribution >= 4 is 17.3 Å². The molecule has 0 aliphatic carbocycles. The SMILES string of the molecule is COC(=O)c1scc(C)c1-n1cncc1C1CCCCN1. The van der Waals surface area contributed by atoms with Crippen molar-refractivity contribution in [2.24, 2.45) is 0 Å². The van der Waals surface area contributed by atoms with Crippen molar-refractivity contribution in [3.05, 3.63) is 34.0 Å². The van der Waals surface area contributed by atoms with Crippen LogP contribution in [0.5, 0.6) is 0 Å². The Hall–Kier alpha value is -1.66. The number of rotatable bonds is 3. The molecule has 0 saturated carbocycles. The van der Waals surface area contributed by atoms with Crippen molar-refractivity contribution in [2.75, 3.05) is 13.7 Å². The number of aromatic nitrogens is 2. The third-order valence-electron chi connectivity index (χ3n) is 3.89. The number of nitrogens with one attached hydrogen (secondary N) is 1. The summed E-state index contributed by atoms with van der Waals surface area (Å²) in [6.45, 7) is 3.04. The molecule has 1 unspecified atom stereocenters. The van der Waals surface area contributed by atoms with Crippen molar-refractivity contribution < 1.29 is 9.53 Å². The molecule has 1 N–H and O–H groups in total. The number of aryl methyl sites for hydroxylation is 1. The monoisotopic (exact) mass is 305 g/mol. The molecular weight excluding hydrogens is 286 g/mol. The second-order valence-electron chi connectivity index (χ2n) is 5.28. The number of carbonyl (C=O) groups excluding carboxylic acids is 1. The maximum atomic E-state index is 12.0. The van der Waals surface area contributed by atoms with Gasteiger partial charge in [-0.1, -0.05) is 6.42 Å². The molecule has 0 spiro atoms. The number of imidazole rings is 1. The molecule has 0 aromatic carbocycles. The summed E-state index contributed by atoms with van der Waals surface area (Å²) in [5.41, 5.74) is 3.07. The highest BCUT2D eigenvalue weighted by atomic mass is 32.1. The number of ether oxygens (including phenoxy) is 1. The molecule has 2 aromatic rings. The number of methoxy groups -OCH3 is 1. The summed E-state index contributed by atoms with van der Waals surface area (Å²) in [4.78, 5) is 16.9. The maximum absolute atomic E-state index is 12.0. The fourth-order valence-corrected chi connectivity index (χ4v) is 3.79. The van der Waals surface area contributed by atoms with Crippen molar-refractivity contribution in [1.29, 1.82) is 0 Å². The minimum Gasteiger partial charge on any atom is -0.465 e. The third kappa shape index (κ3) is 2.61. The van der Waals surface area contributed by atoms with Crippen LogP contribution in [0.3, 0.4) is 0 Å². The van der Waals surface area contributed by atoms with Crippen molar-refractivity contribution in [3.63, 3.8) is 0 Å². The van der Waals surface area contributed by atoms with E-state index in [2.05, 4.69) is 10.3 Å². The Bertz CT molecular complexity index is 641. The Labute approximate surface area is 128 Å². The first-order valence-corrected chi connectivity index (χ1v) is 8.02. The molecule has 3 heterocycles. The van der Waals surface area contributed by atoms with E-state index in [1.54, 1.807) is 6.33 Å². The highest BCUT2D eigenvalue weighted by molar-refractivity contribution is 7.12. The van der Waals surface area contributed by atoms with E-state index in [1.807, 2.05) is 23.1 Å². The number of hydrogen-bond donors (Lipinski definition) is 1. The highest BCUT2D eigenvalue weighted by Gasteiger charge is 2.24. The van der Waals surface area contributed by atoms with E-state index in [-0.39, 0.29) is 5.97 Å². The standard InChI is InChI=1S/C15H19N3O2S/c1-10-8-21-14(15(19)20-2)13(10)18-9-16-7-12(18)11-5-3-4-6-17-11/h7-9,11,17H,3-6H2,1-2H3. The lowest BCUT2D eigenvalue weighted by Gasteiger charge is -2.24. The molecule has 1 aliphatic heterocycles. The average molecular weight is 305 g/mol. The Morgan fingerprint density at radius 3 is 3.10 bits per heavy atom. The van der Waals surface area contributed by atoms with Gasteiger partial charge in [0, 0.05) is 6.04 Å². The summed E-state index contributed by atoms with van der Waals surface area (Å²) < 4.78 is 6.92. The van der Waals surface area contributed by atoms with Gasteiger partial charge in [0.25, 0.3) is 0 Å². The molecule has 0 bridgehead atoms. The largest absolute Gasteiger partial charge is 0.465 e. The van der Waals surface area contributed by atoms with Gasteiger partial charge in [-0.3, -0.25) is 4.57 Å². The third-order valence-corrected chi connectivity index (χ3v) is 4.96. The predicted octanol–water partition coefficient (Wildman–Crippen LogP) is 2.84. The summed E-state index contributed by atoms with van der Waals surface area (Å²) in [5.74, 6) is -0.292. The minimum absolute atomic E-state index is 0.292. The van der Waals surface area contributed by atoms with Crippen LogP contribution in [0.4, 0.5) is 0 Å². The summed E-state index contributed by atoms with van der Waals surface area (Å²) in [5, 5.41) is 5.52. The van der Waals surface area contributed by atoms with Crippen LogP contribution in [-0.2, 0) is 4.74 Å². The van der Waals surface area contributed by atoms with Gasteiger partial charge >= 0.3 is 5.97 Å². The quantitative estimate of drug-likeness (QED) is 0.886. The van der Waals surface area contributed by atoms with Gasteiger partial charge in [-0.05, 0) is 37.3 Å². The van der Waals surface area contributed by atoms with Crippen LogP contribution in [-0.4, -0.2) is 29.2 Å². The molecular formula is C15H19N3O2S. The zero-order chi connectivity index (χ0) is 14.8. The lowest BCUT2D eigenvalue weighted by atomic mass is 10.0. The van der Waals surface area contributed by atoms with Crippen LogP contribution in [0.15, 0.2) is 17.9 Å². The van der Waals surface area contributed by atoms with Crippen LogP contribution in [0.1, 0.15) is 46.2 Å². The predicted molar refractivity (Wildman–Crippen MR) is 82.1 cm³/mol. The van der Waals surface area contributed by atoms with Crippen molar-refractivity contribution in [3.8, 4) is 5.69 Å². The van der Waals surface area contributed by atoms with Crippen LogP contribution in [0, 0.1) is 6.92 Å². The molecule has 3 rings (SSSR count). The summed E-state index contributed by atoms with van der Waals surface area (Å²) >= 11 is 1.42. The molecule has 0 amide bonds. The van der Waals surface area contributed by atoms with E-state index >= 15 is 0 Å². The van der Waals surface area contributed by atoms with Gasteiger partial charge in [0.1, 0.15) is 4.88 Å².